The van der Waals surface area contributed by atoms with Crippen LogP contribution in [0.25, 0.3) is 5.69 Å². The number of hydrogen-bond donors (Lipinski definition) is 1. The Bertz CT molecular complexity index is 1090. The van der Waals surface area contributed by atoms with E-state index in [9.17, 15) is 9.50 Å². The second-order valence-electron chi connectivity index (χ2n) is 10.4. The molecule has 0 bridgehead atoms. The highest BCUT2D eigenvalue weighted by atomic mass is 19.1. The number of para-hydroxylation sites is 1. The summed E-state index contributed by atoms with van der Waals surface area (Å²) < 4.78 is 27.4. The summed E-state index contributed by atoms with van der Waals surface area (Å²) in [5.74, 6) is 1.47. The van der Waals surface area contributed by atoms with Crippen LogP contribution < -0.4 is 4.74 Å². The lowest BCUT2D eigenvalue weighted by atomic mass is 10.2. The van der Waals surface area contributed by atoms with E-state index in [4.69, 9.17) is 14.6 Å². The first-order valence-corrected chi connectivity index (χ1v) is 12.3. The average Bonchev–Trinajstić information content (AvgIpc) is 3.58. The molecule has 4 rings (SSSR count). The summed E-state index contributed by atoms with van der Waals surface area (Å²) in [4.78, 5) is 2.27. The molecule has 1 aliphatic rings. The molecule has 0 amide bonds. The Labute approximate surface area is 207 Å². The van der Waals surface area contributed by atoms with Gasteiger partial charge in [-0.2, -0.15) is 5.10 Å². The van der Waals surface area contributed by atoms with E-state index in [-0.39, 0.29) is 18.0 Å². The van der Waals surface area contributed by atoms with Crippen LogP contribution in [0.5, 0.6) is 11.6 Å². The monoisotopic (exact) mass is 481 g/mol. The van der Waals surface area contributed by atoms with Crippen LogP contribution in [0.4, 0.5) is 4.39 Å². The predicted octanol–water partition coefficient (Wildman–Crippen LogP) is 5.50. The SMILES string of the molecule is Cc1nn(-c2ccccc2)c(Oc2ccc(F)cc2)c1CN(CC1CC1)C[C@@H](O)COC(C)(C)C. The molecule has 0 saturated heterocycles. The molecule has 1 aliphatic carbocycles. The number of nitrogens with zero attached hydrogens (tertiary/aromatic N) is 3. The van der Waals surface area contributed by atoms with Gasteiger partial charge in [0, 0.05) is 19.6 Å². The van der Waals surface area contributed by atoms with Gasteiger partial charge in [-0.1, -0.05) is 18.2 Å². The number of halogens is 1. The number of benzene rings is 2. The third-order valence-electron chi connectivity index (χ3n) is 5.94. The summed E-state index contributed by atoms with van der Waals surface area (Å²) in [5.41, 5.74) is 2.38. The van der Waals surface area contributed by atoms with E-state index in [0.717, 1.165) is 23.5 Å². The molecule has 1 heterocycles. The van der Waals surface area contributed by atoms with E-state index in [2.05, 4.69) is 4.90 Å². The van der Waals surface area contributed by atoms with Crippen molar-refractivity contribution < 1.29 is 19.0 Å². The third-order valence-corrected chi connectivity index (χ3v) is 5.94. The van der Waals surface area contributed by atoms with Crippen LogP contribution in [0, 0.1) is 18.7 Å². The van der Waals surface area contributed by atoms with Gasteiger partial charge in [-0.25, -0.2) is 9.07 Å². The first-order valence-electron chi connectivity index (χ1n) is 12.3. The zero-order chi connectivity index (χ0) is 25.0. The van der Waals surface area contributed by atoms with Gasteiger partial charge >= 0.3 is 0 Å². The quantitative estimate of drug-likeness (QED) is 0.392. The fraction of sp³-hybridized carbons (Fsp3) is 0.464. The van der Waals surface area contributed by atoms with Crippen molar-refractivity contribution in [1.29, 1.82) is 0 Å². The van der Waals surface area contributed by atoms with E-state index in [1.807, 2.05) is 58.0 Å². The highest BCUT2D eigenvalue weighted by molar-refractivity contribution is 5.43. The topological polar surface area (TPSA) is 59.8 Å². The van der Waals surface area contributed by atoms with Crippen molar-refractivity contribution in [3.63, 3.8) is 0 Å². The van der Waals surface area contributed by atoms with Crippen LogP contribution in [-0.2, 0) is 11.3 Å². The third kappa shape index (κ3) is 7.37. The smallest absolute Gasteiger partial charge is 0.227 e. The van der Waals surface area contributed by atoms with Crippen LogP contribution in [0.2, 0.25) is 0 Å². The largest absolute Gasteiger partial charge is 0.439 e. The number of aryl methyl sites for hydroxylation is 1. The van der Waals surface area contributed by atoms with Crippen LogP contribution in [0.1, 0.15) is 44.9 Å². The summed E-state index contributed by atoms with van der Waals surface area (Å²) in [6.07, 6.45) is 1.83. The Morgan fingerprint density at radius 2 is 1.80 bits per heavy atom. The van der Waals surface area contributed by atoms with Gasteiger partial charge in [0.15, 0.2) is 0 Å². The maximum absolute atomic E-state index is 13.5. The Hall–Kier alpha value is -2.74. The standard InChI is InChI=1S/C28H36FN3O3/c1-20-26(18-31(16-21-10-11-21)17-24(33)19-34-28(2,3)4)27(35-25-14-12-22(29)13-15-25)32(30-20)23-8-6-5-7-9-23/h5-9,12-15,21,24,33H,10-11,16-19H2,1-4H3/t24-/m1/s1. The highest BCUT2D eigenvalue weighted by Gasteiger charge is 2.28. The van der Waals surface area contributed by atoms with Crippen LogP contribution in [-0.4, -0.2) is 51.2 Å². The normalized spacial score (nSPS) is 14.9. The number of aromatic nitrogens is 2. The lowest BCUT2D eigenvalue weighted by Crippen LogP contribution is -2.37. The molecular formula is C28H36FN3O3. The Morgan fingerprint density at radius 3 is 2.43 bits per heavy atom. The fourth-order valence-corrected chi connectivity index (χ4v) is 3.97. The van der Waals surface area contributed by atoms with Crippen LogP contribution in [0.3, 0.4) is 0 Å². The number of aliphatic hydroxyl groups is 1. The molecule has 7 heteroatoms. The van der Waals surface area contributed by atoms with Gasteiger partial charge < -0.3 is 14.6 Å². The molecule has 1 fully saturated rings. The van der Waals surface area contributed by atoms with Gasteiger partial charge in [0.05, 0.1) is 35.3 Å². The van der Waals surface area contributed by atoms with Crippen molar-refractivity contribution in [2.24, 2.45) is 5.92 Å². The van der Waals surface area contributed by atoms with Gasteiger partial charge in [-0.15, -0.1) is 0 Å². The minimum Gasteiger partial charge on any atom is -0.439 e. The summed E-state index contributed by atoms with van der Waals surface area (Å²) in [5, 5.41) is 15.5. The molecule has 188 valence electrons. The van der Waals surface area contributed by atoms with Crippen molar-refractivity contribution >= 4 is 0 Å². The lowest BCUT2D eigenvalue weighted by molar-refractivity contribution is -0.0569. The maximum Gasteiger partial charge on any atom is 0.227 e. The van der Waals surface area contributed by atoms with E-state index >= 15 is 0 Å². The van der Waals surface area contributed by atoms with Crippen LogP contribution >= 0.6 is 0 Å². The van der Waals surface area contributed by atoms with Crippen molar-refractivity contribution in [1.82, 2.24) is 14.7 Å². The fourth-order valence-electron chi connectivity index (χ4n) is 3.97. The molecule has 1 atom stereocenters. The number of hydrogen-bond acceptors (Lipinski definition) is 5. The summed E-state index contributed by atoms with van der Waals surface area (Å²) in [6.45, 7) is 10.2. The molecule has 1 aromatic heterocycles. The van der Waals surface area contributed by atoms with Crippen molar-refractivity contribution in [3.05, 3.63) is 71.7 Å². The van der Waals surface area contributed by atoms with Gasteiger partial charge in [-0.3, -0.25) is 4.90 Å². The minimum atomic E-state index is -0.598. The second-order valence-corrected chi connectivity index (χ2v) is 10.4. The van der Waals surface area contributed by atoms with Gasteiger partial charge in [0.2, 0.25) is 5.88 Å². The van der Waals surface area contributed by atoms with E-state index < -0.39 is 6.10 Å². The summed E-state index contributed by atoms with van der Waals surface area (Å²) in [6, 6.07) is 15.8. The van der Waals surface area contributed by atoms with E-state index in [1.54, 1.807) is 16.8 Å². The first-order chi connectivity index (χ1) is 16.7. The van der Waals surface area contributed by atoms with Gasteiger partial charge in [-0.05, 0) is 82.9 Å². The molecular weight excluding hydrogens is 445 g/mol. The molecule has 0 spiro atoms. The number of ether oxygens (including phenoxy) is 2. The van der Waals surface area contributed by atoms with Gasteiger partial charge in [0.1, 0.15) is 11.6 Å². The van der Waals surface area contributed by atoms with Crippen molar-refractivity contribution in [2.45, 2.75) is 58.8 Å². The number of rotatable bonds is 11. The summed E-state index contributed by atoms with van der Waals surface area (Å²) >= 11 is 0. The molecule has 0 radical (unpaired) electrons. The zero-order valence-corrected chi connectivity index (χ0v) is 21.1. The lowest BCUT2D eigenvalue weighted by Gasteiger charge is -2.27. The molecule has 35 heavy (non-hydrogen) atoms. The van der Waals surface area contributed by atoms with E-state index in [0.29, 0.717) is 30.6 Å². The molecule has 0 unspecified atom stereocenters. The maximum atomic E-state index is 13.5. The highest BCUT2D eigenvalue weighted by Crippen LogP contribution is 2.34. The molecule has 1 saturated carbocycles. The first kappa shape index (κ1) is 25.4. The summed E-state index contributed by atoms with van der Waals surface area (Å²) in [7, 11) is 0. The van der Waals surface area contributed by atoms with Gasteiger partial charge in [0.25, 0.3) is 0 Å². The average molecular weight is 482 g/mol. The zero-order valence-electron chi connectivity index (χ0n) is 21.1. The minimum absolute atomic E-state index is 0.284. The number of aliphatic hydroxyl groups excluding tert-OH is 1. The molecule has 6 nitrogen and oxygen atoms in total. The second kappa shape index (κ2) is 10.9. The van der Waals surface area contributed by atoms with Crippen molar-refractivity contribution in [3.8, 4) is 17.3 Å². The molecule has 3 aromatic rings. The van der Waals surface area contributed by atoms with Crippen molar-refractivity contribution in [2.75, 3.05) is 19.7 Å². The Morgan fingerprint density at radius 1 is 1.11 bits per heavy atom. The molecule has 0 aliphatic heterocycles. The molecule has 2 aromatic carbocycles. The van der Waals surface area contributed by atoms with Crippen LogP contribution in [0.15, 0.2) is 54.6 Å². The van der Waals surface area contributed by atoms with E-state index in [1.165, 1.54) is 25.0 Å². The Balaban J connectivity index is 1.61. The molecule has 1 N–H and O–H groups in total. The Kier molecular flexibility index (Phi) is 7.89. The predicted molar refractivity (Wildman–Crippen MR) is 134 cm³/mol.